The molecule has 1 saturated carbocycles. The molecule has 0 aromatic rings. The summed E-state index contributed by atoms with van der Waals surface area (Å²) in [4.78, 5) is 9.92. The molecule has 13 heavy (non-hydrogen) atoms. The van der Waals surface area contributed by atoms with Crippen molar-refractivity contribution in [3.63, 3.8) is 0 Å². The topological polar surface area (TPSA) is 38.3 Å². The van der Waals surface area contributed by atoms with Crippen LogP contribution in [0.5, 0.6) is 0 Å². The fourth-order valence-electron chi connectivity index (χ4n) is 1.56. The van der Waals surface area contributed by atoms with Gasteiger partial charge in [-0.2, -0.15) is 0 Å². The highest BCUT2D eigenvalue weighted by molar-refractivity contribution is 5.51. The molecule has 1 fully saturated rings. The van der Waals surface area contributed by atoms with Crippen molar-refractivity contribution in [1.82, 2.24) is 5.32 Å². The fourth-order valence-corrected chi connectivity index (χ4v) is 1.56. The van der Waals surface area contributed by atoms with E-state index in [-0.39, 0.29) is 0 Å². The lowest BCUT2D eigenvalue weighted by Gasteiger charge is -2.06. The van der Waals surface area contributed by atoms with Gasteiger partial charge in [0.15, 0.2) is 0 Å². The van der Waals surface area contributed by atoms with E-state index in [1.54, 1.807) is 14.2 Å². The lowest BCUT2D eigenvalue weighted by Crippen LogP contribution is -2.22. The van der Waals surface area contributed by atoms with E-state index >= 15 is 0 Å². The molecular weight excluding hydrogens is 166 g/mol. The number of carbonyl (C=O) groups excluding carboxylic acids is 1. The van der Waals surface area contributed by atoms with Gasteiger partial charge in [-0.1, -0.05) is 12.8 Å². The summed E-state index contributed by atoms with van der Waals surface area (Å²) in [5.74, 6) is 0.847. The second kappa shape index (κ2) is 9.68. The van der Waals surface area contributed by atoms with Gasteiger partial charge in [-0.3, -0.25) is 0 Å². The molecule has 0 unspecified atom stereocenters. The van der Waals surface area contributed by atoms with Crippen LogP contribution < -0.4 is 5.32 Å². The van der Waals surface area contributed by atoms with Crippen LogP contribution in [0.1, 0.15) is 25.7 Å². The van der Waals surface area contributed by atoms with Gasteiger partial charge in [0.25, 0.3) is 0 Å². The zero-order chi connectivity index (χ0) is 9.94. The summed E-state index contributed by atoms with van der Waals surface area (Å²) in [7, 11) is 3.25. The standard InChI is InChI=1S/C8H15NO.C2H6O/c10-6-5-9-7-8-3-1-2-4-8;1-3-2/h6,8-9H,1-5,7H2;1-2H3. The first-order valence-corrected chi connectivity index (χ1v) is 4.89. The third kappa shape index (κ3) is 7.94. The molecule has 0 saturated heterocycles. The number of methoxy groups -OCH3 is 1. The molecule has 0 amide bonds. The molecule has 3 heteroatoms. The first-order valence-electron chi connectivity index (χ1n) is 4.89. The van der Waals surface area contributed by atoms with Crippen LogP contribution in [0, 0.1) is 5.92 Å². The minimum atomic E-state index is 0.524. The van der Waals surface area contributed by atoms with Gasteiger partial charge in [-0.05, 0) is 25.3 Å². The Labute approximate surface area is 80.8 Å². The highest BCUT2D eigenvalue weighted by atomic mass is 16.4. The Morgan fingerprint density at radius 3 is 2.38 bits per heavy atom. The van der Waals surface area contributed by atoms with Gasteiger partial charge in [-0.15, -0.1) is 0 Å². The van der Waals surface area contributed by atoms with Crippen molar-refractivity contribution < 1.29 is 9.53 Å². The molecule has 0 aromatic carbocycles. The molecule has 0 spiro atoms. The van der Waals surface area contributed by atoms with Crippen LogP contribution in [0.25, 0.3) is 0 Å². The van der Waals surface area contributed by atoms with Gasteiger partial charge in [0.05, 0.1) is 6.54 Å². The number of aldehydes is 1. The van der Waals surface area contributed by atoms with Crippen molar-refractivity contribution in [2.75, 3.05) is 27.3 Å². The van der Waals surface area contributed by atoms with Crippen LogP contribution in [0.4, 0.5) is 0 Å². The molecule has 1 rings (SSSR count). The van der Waals surface area contributed by atoms with Gasteiger partial charge < -0.3 is 14.8 Å². The molecule has 0 radical (unpaired) electrons. The predicted octanol–water partition coefficient (Wildman–Crippen LogP) is 1.23. The maximum absolute atomic E-state index is 9.92. The summed E-state index contributed by atoms with van der Waals surface area (Å²) >= 11 is 0. The first-order chi connectivity index (χ1) is 6.35. The molecule has 0 bridgehead atoms. The molecule has 3 nitrogen and oxygen atoms in total. The van der Waals surface area contributed by atoms with E-state index in [9.17, 15) is 4.79 Å². The average Bonchev–Trinajstić information content (AvgIpc) is 2.59. The SMILES string of the molecule is COC.O=CCNCC1CCCC1. The van der Waals surface area contributed by atoms with Crippen molar-refractivity contribution >= 4 is 6.29 Å². The highest BCUT2D eigenvalue weighted by Crippen LogP contribution is 2.23. The maximum Gasteiger partial charge on any atom is 0.133 e. The van der Waals surface area contributed by atoms with E-state index in [1.807, 2.05) is 0 Å². The van der Waals surface area contributed by atoms with Crippen molar-refractivity contribution in [2.45, 2.75) is 25.7 Å². The van der Waals surface area contributed by atoms with Gasteiger partial charge in [0, 0.05) is 14.2 Å². The Morgan fingerprint density at radius 2 is 1.92 bits per heavy atom. The first kappa shape index (κ1) is 12.6. The van der Waals surface area contributed by atoms with Crippen molar-refractivity contribution in [3.05, 3.63) is 0 Å². The van der Waals surface area contributed by atoms with Crippen molar-refractivity contribution in [3.8, 4) is 0 Å². The zero-order valence-electron chi connectivity index (χ0n) is 8.71. The summed E-state index contributed by atoms with van der Waals surface area (Å²) in [6, 6.07) is 0. The Kier molecular flexibility index (Phi) is 9.37. The maximum atomic E-state index is 9.92. The summed E-state index contributed by atoms with van der Waals surface area (Å²) in [6.45, 7) is 1.56. The molecule has 0 aliphatic heterocycles. The third-order valence-corrected chi connectivity index (χ3v) is 2.14. The summed E-state index contributed by atoms with van der Waals surface area (Å²) in [6.07, 6.45) is 6.40. The van der Waals surface area contributed by atoms with E-state index in [0.29, 0.717) is 6.54 Å². The number of nitrogens with one attached hydrogen (secondary N) is 1. The normalized spacial score (nSPS) is 16.5. The molecule has 78 valence electrons. The Morgan fingerprint density at radius 1 is 1.38 bits per heavy atom. The number of ether oxygens (including phenoxy) is 1. The van der Waals surface area contributed by atoms with Crippen LogP contribution in [-0.4, -0.2) is 33.6 Å². The number of hydrogen-bond acceptors (Lipinski definition) is 3. The second-order valence-electron chi connectivity index (χ2n) is 3.38. The predicted molar refractivity (Wildman–Crippen MR) is 53.8 cm³/mol. The van der Waals surface area contributed by atoms with Gasteiger partial charge in [-0.25, -0.2) is 0 Å². The van der Waals surface area contributed by atoms with E-state index < -0.39 is 0 Å². The lowest BCUT2D eigenvalue weighted by molar-refractivity contribution is -0.107. The van der Waals surface area contributed by atoms with E-state index in [2.05, 4.69) is 10.1 Å². The van der Waals surface area contributed by atoms with Crippen LogP contribution in [0.3, 0.4) is 0 Å². The van der Waals surface area contributed by atoms with E-state index in [0.717, 1.165) is 18.7 Å². The van der Waals surface area contributed by atoms with Gasteiger partial charge in [0.1, 0.15) is 6.29 Å². The van der Waals surface area contributed by atoms with E-state index in [1.165, 1.54) is 25.7 Å². The Hall–Kier alpha value is -0.410. The van der Waals surface area contributed by atoms with Crippen molar-refractivity contribution in [2.24, 2.45) is 5.92 Å². The molecule has 1 aliphatic rings. The Balaban J connectivity index is 0.000000424. The lowest BCUT2D eigenvalue weighted by atomic mass is 10.1. The number of rotatable bonds is 4. The largest absolute Gasteiger partial charge is 0.388 e. The molecule has 0 aromatic heterocycles. The minimum absolute atomic E-state index is 0.524. The molecule has 0 heterocycles. The molecule has 0 atom stereocenters. The summed E-state index contributed by atoms with van der Waals surface area (Å²) in [5, 5.41) is 3.11. The quantitative estimate of drug-likeness (QED) is 0.531. The summed E-state index contributed by atoms with van der Waals surface area (Å²) < 4.78 is 4.25. The molecular formula is C10H21NO2. The molecule has 1 N–H and O–H groups in total. The zero-order valence-corrected chi connectivity index (χ0v) is 8.71. The van der Waals surface area contributed by atoms with Gasteiger partial charge >= 0.3 is 0 Å². The smallest absolute Gasteiger partial charge is 0.133 e. The third-order valence-electron chi connectivity index (χ3n) is 2.14. The van der Waals surface area contributed by atoms with Crippen LogP contribution >= 0.6 is 0 Å². The van der Waals surface area contributed by atoms with Crippen LogP contribution in [0.15, 0.2) is 0 Å². The molecule has 1 aliphatic carbocycles. The second-order valence-corrected chi connectivity index (χ2v) is 3.38. The van der Waals surface area contributed by atoms with Crippen LogP contribution in [-0.2, 0) is 9.53 Å². The number of carbonyl (C=O) groups is 1. The Bertz CT molecular complexity index is 111. The summed E-state index contributed by atoms with van der Waals surface area (Å²) in [5.41, 5.74) is 0. The highest BCUT2D eigenvalue weighted by Gasteiger charge is 2.13. The minimum Gasteiger partial charge on any atom is -0.388 e. The monoisotopic (exact) mass is 187 g/mol. The van der Waals surface area contributed by atoms with Gasteiger partial charge in [0.2, 0.25) is 0 Å². The fraction of sp³-hybridized carbons (Fsp3) is 0.900. The van der Waals surface area contributed by atoms with Crippen LogP contribution in [0.2, 0.25) is 0 Å². The average molecular weight is 187 g/mol. The van der Waals surface area contributed by atoms with E-state index in [4.69, 9.17) is 0 Å². The number of hydrogen-bond donors (Lipinski definition) is 1. The van der Waals surface area contributed by atoms with Crippen molar-refractivity contribution in [1.29, 1.82) is 0 Å².